The van der Waals surface area contributed by atoms with E-state index in [0.29, 0.717) is 19.1 Å². The molecule has 0 spiro atoms. The molecule has 1 unspecified atom stereocenters. The van der Waals surface area contributed by atoms with E-state index in [2.05, 4.69) is 28.9 Å². The fourth-order valence-corrected chi connectivity index (χ4v) is 3.65. The Morgan fingerprint density at radius 1 is 1.29 bits per heavy atom. The topological polar surface area (TPSA) is 58.6 Å². The number of rotatable bonds is 3. The quantitative estimate of drug-likeness (QED) is 0.843. The molecule has 2 aliphatic heterocycles. The van der Waals surface area contributed by atoms with Gasteiger partial charge in [-0.15, -0.1) is 10.2 Å². The summed E-state index contributed by atoms with van der Waals surface area (Å²) in [7, 11) is 0. The number of nitrogens with zero attached hydrogens (tertiary/aromatic N) is 4. The number of carbonyl (C=O) groups excluding carboxylic acids is 1. The Balaban J connectivity index is 1.60. The van der Waals surface area contributed by atoms with Crippen LogP contribution in [0.5, 0.6) is 0 Å². The van der Waals surface area contributed by atoms with Crippen molar-refractivity contribution in [3.05, 3.63) is 5.01 Å². The van der Waals surface area contributed by atoms with Crippen LogP contribution in [0.4, 0.5) is 5.13 Å². The summed E-state index contributed by atoms with van der Waals surface area (Å²) in [4.78, 5) is 16.6. The molecular weight excluding hydrogens is 288 g/mol. The molecule has 3 rings (SSSR count). The Kier molecular flexibility index (Phi) is 4.40. The molecule has 1 aromatic heterocycles. The van der Waals surface area contributed by atoms with Gasteiger partial charge in [-0.2, -0.15) is 0 Å². The van der Waals surface area contributed by atoms with Crippen LogP contribution in [0.15, 0.2) is 0 Å². The molecule has 0 aliphatic carbocycles. The summed E-state index contributed by atoms with van der Waals surface area (Å²) in [6.45, 7) is 8.69. The molecule has 116 valence electrons. The van der Waals surface area contributed by atoms with Gasteiger partial charge in [0.15, 0.2) is 0 Å². The van der Waals surface area contributed by atoms with E-state index in [1.54, 1.807) is 11.3 Å². The zero-order valence-electron chi connectivity index (χ0n) is 12.6. The maximum Gasteiger partial charge on any atom is 0.227 e. The summed E-state index contributed by atoms with van der Waals surface area (Å²) in [5.74, 6) is 0.772. The highest BCUT2D eigenvalue weighted by atomic mass is 32.1. The van der Waals surface area contributed by atoms with Gasteiger partial charge in [-0.1, -0.05) is 25.2 Å². The highest BCUT2D eigenvalue weighted by molar-refractivity contribution is 7.15. The summed E-state index contributed by atoms with van der Waals surface area (Å²) in [5.41, 5.74) is 0. The van der Waals surface area contributed by atoms with Gasteiger partial charge >= 0.3 is 0 Å². The van der Waals surface area contributed by atoms with Crippen molar-refractivity contribution < 1.29 is 9.53 Å². The molecule has 0 bridgehead atoms. The van der Waals surface area contributed by atoms with Crippen molar-refractivity contribution in [3.8, 4) is 0 Å². The molecule has 6 nitrogen and oxygen atoms in total. The van der Waals surface area contributed by atoms with Crippen LogP contribution in [0.25, 0.3) is 0 Å². The van der Waals surface area contributed by atoms with Crippen molar-refractivity contribution >= 4 is 22.4 Å². The number of amides is 1. The van der Waals surface area contributed by atoms with Crippen LogP contribution < -0.4 is 4.90 Å². The lowest BCUT2D eigenvalue weighted by Crippen LogP contribution is -2.44. The number of ether oxygens (including phenoxy) is 1. The van der Waals surface area contributed by atoms with Crippen molar-refractivity contribution in [2.24, 2.45) is 5.92 Å². The molecule has 2 saturated heterocycles. The summed E-state index contributed by atoms with van der Waals surface area (Å²) in [6.07, 6.45) is 0.910. The highest BCUT2D eigenvalue weighted by Crippen LogP contribution is 2.30. The maximum atomic E-state index is 12.5. The van der Waals surface area contributed by atoms with E-state index in [-0.39, 0.29) is 11.8 Å². The number of aromatic nitrogens is 2. The van der Waals surface area contributed by atoms with Crippen LogP contribution in [0.3, 0.4) is 0 Å². The Bertz CT molecular complexity index is 499. The monoisotopic (exact) mass is 310 g/mol. The molecule has 1 atom stereocenters. The van der Waals surface area contributed by atoms with Crippen LogP contribution in [-0.2, 0) is 9.53 Å². The molecule has 21 heavy (non-hydrogen) atoms. The number of morpholine rings is 1. The first-order chi connectivity index (χ1) is 10.1. The minimum absolute atomic E-state index is 0.0921. The van der Waals surface area contributed by atoms with E-state index in [4.69, 9.17) is 4.74 Å². The van der Waals surface area contributed by atoms with Gasteiger partial charge in [0.25, 0.3) is 0 Å². The third-order valence-electron chi connectivity index (χ3n) is 4.05. The molecule has 0 saturated carbocycles. The average Bonchev–Trinajstić information content (AvgIpc) is 3.16. The van der Waals surface area contributed by atoms with E-state index in [0.717, 1.165) is 42.7 Å². The smallest absolute Gasteiger partial charge is 0.227 e. The number of anilines is 1. The summed E-state index contributed by atoms with van der Waals surface area (Å²) in [5, 5.41) is 10.5. The lowest BCUT2D eigenvalue weighted by atomic mass is 10.1. The van der Waals surface area contributed by atoms with Gasteiger partial charge in [0.05, 0.1) is 19.1 Å². The zero-order valence-corrected chi connectivity index (χ0v) is 13.4. The van der Waals surface area contributed by atoms with E-state index in [1.807, 2.05) is 4.90 Å². The first-order valence-corrected chi connectivity index (χ1v) is 8.41. The Morgan fingerprint density at radius 2 is 2.05 bits per heavy atom. The fraction of sp³-hybridized carbons (Fsp3) is 0.786. The standard InChI is InChI=1S/C14H22N4O2S/c1-10(2)12-15-16-14(21-12)18-4-3-11(9-18)13(19)17-5-7-20-8-6-17/h10-11H,3-9H2,1-2H3. The Morgan fingerprint density at radius 3 is 2.71 bits per heavy atom. The molecular formula is C14H22N4O2S. The van der Waals surface area contributed by atoms with E-state index in [9.17, 15) is 4.79 Å². The van der Waals surface area contributed by atoms with Crippen LogP contribution in [0.2, 0.25) is 0 Å². The summed E-state index contributed by atoms with van der Waals surface area (Å²) >= 11 is 1.65. The van der Waals surface area contributed by atoms with Gasteiger partial charge in [-0.3, -0.25) is 4.79 Å². The lowest BCUT2D eigenvalue weighted by Gasteiger charge is -2.29. The SMILES string of the molecule is CC(C)c1nnc(N2CCC(C(=O)N3CCOCC3)C2)s1. The molecule has 0 N–H and O–H groups in total. The molecule has 3 heterocycles. The van der Waals surface area contributed by atoms with Gasteiger partial charge in [-0.05, 0) is 6.42 Å². The van der Waals surface area contributed by atoms with Crippen LogP contribution >= 0.6 is 11.3 Å². The fourth-order valence-electron chi connectivity index (χ4n) is 2.77. The summed E-state index contributed by atoms with van der Waals surface area (Å²) in [6, 6.07) is 0. The van der Waals surface area contributed by atoms with Gasteiger partial charge in [0.2, 0.25) is 11.0 Å². The minimum Gasteiger partial charge on any atom is -0.378 e. The average molecular weight is 310 g/mol. The van der Waals surface area contributed by atoms with Crippen molar-refractivity contribution in [1.82, 2.24) is 15.1 Å². The highest BCUT2D eigenvalue weighted by Gasteiger charge is 2.33. The van der Waals surface area contributed by atoms with Crippen molar-refractivity contribution in [1.29, 1.82) is 0 Å². The molecule has 1 aromatic rings. The van der Waals surface area contributed by atoms with Crippen molar-refractivity contribution in [2.75, 3.05) is 44.3 Å². The third kappa shape index (κ3) is 3.18. The van der Waals surface area contributed by atoms with E-state index < -0.39 is 0 Å². The normalized spacial score (nSPS) is 23.1. The van der Waals surface area contributed by atoms with Gasteiger partial charge in [-0.25, -0.2) is 0 Å². The zero-order chi connectivity index (χ0) is 14.8. The lowest BCUT2D eigenvalue weighted by molar-refractivity contribution is -0.138. The number of hydrogen-bond acceptors (Lipinski definition) is 6. The van der Waals surface area contributed by atoms with Crippen LogP contribution in [0.1, 0.15) is 31.2 Å². The first kappa shape index (κ1) is 14.7. The van der Waals surface area contributed by atoms with Gasteiger partial charge in [0, 0.05) is 32.1 Å². The van der Waals surface area contributed by atoms with Crippen LogP contribution in [0, 0.1) is 5.92 Å². The van der Waals surface area contributed by atoms with Crippen molar-refractivity contribution in [2.45, 2.75) is 26.2 Å². The first-order valence-electron chi connectivity index (χ1n) is 7.60. The molecule has 2 fully saturated rings. The number of hydrogen-bond donors (Lipinski definition) is 0. The molecule has 1 amide bonds. The maximum absolute atomic E-state index is 12.5. The second-order valence-electron chi connectivity index (χ2n) is 5.95. The molecule has 0 radical (unpaired) electrons. The molecule has 7 heteroatoms. The molecule has 0 aromatic carbocycles. The number of carbonyl (C=O) groups is 1. The van der Waals surface area contributed by atoms with E-state index >= 15 is 0 Å². The van der Waals surface area contributed by atoms with Gasteiger partial charge in [0.1, 0.15) is 5.01 Å². The predicted octanol–water partition coefficient (Wildman–Crippen LogP) is 1.35. The predicted molar refractivity (Wildman–Crippen MR) is 81.7 cm³/mol. The van der Waals surface area contributed by atoms with Gasteiger partial charge < -0.3 is 14.5 Å². The second-order valence-corrected chi connectivity index (χ2v) is 6.93. The Labute approximate surface area is 129 Å². The Hall–Kier alpha value is -1.21. The minimum atomic E-state index is 0.0921. The summed E-state index contributed by atoms with van der Waals surface area (Å²) < 4.78 is 5.31. The largest absolute Gasteiger partial charge is 0.378 e. The van der Waals surface area contributed by atoms with Crippen molar-refractivity contribution in [3.63, 3.8) is 0 Å². The van der Waals surface area contributed by atoms with E-state index in [1.165, 1.54) is 0 Å². The third-order valence-corrected chi connectivity index (χ3v) is 5.34. The van der Waals surface area contributed by atoms with Crippen LogP contribution in [-0.4, -0.2) is 60.4 Å². The molecule has 2 aliphatic rings. The second kappa shape index (κ2) is 6.27.